The first-order chi connectivity index (χ1) is 6.33. The molecule has 0 bridgehead atoms. The molecule has 0 saturated carbocycles. The molecule has 0 unspecified atom stereocenters. The molecule has 0 spiro atoms. The molecule has 0 atom stereocenters. The number of hydrogen-bond donors (Lipinski definition) is 1. The molecule has 0 fully saturated rings. The number of nitrogens with two attached hydrogens (primary N) is 1. The Hall–Kier alpha value is -1.49. The number of aromatic nitrogens is 1. The van der Waals surface area contributed by atoms with Crippen LogP contribution in [0.2, 0.25) is 0 Å². The van der Waals surface area contributed by atoms with E-state index in [9.17, 15) is 0 Å². The highest BCUT2D eigenvalue weighted by Crippen LogP contribution is 1.97. The lowest BCUT2D eigenvalue weighted by Crippen LogP contribution is -1.90. The van der Waals surface area contributed by atoms with Crippen molar-refractivity contribution in [3.63, 3.8) is 0 Å². The van der Waals surface area contributed by atoms with Crippen LogP contribution in [-0.2, 0) is 0 Å². The Morgan fingerprint density at radius 2 is 2.08 bits per heavy atom. The maximum Gasteiger partial charge on any atom is 0.124 e. The summed E-state index contributed by atoms with van der Waals surface area (Å²) >= 11 is 0. The average Bonchev–Trinajstić information content (AvgIpc) is 2.18. The highest BCUT2D eigenvalue weighted by Gasteiger charge is 1.86. The summed E-state index contributed by atoms with van der Waals surface area (Å²) in [4.78, 5) is 4.01. The molecule has 70 valence electrons. The van der Waals surface area contributed by atoms with Gasteiger partial charge >= 0.3 is 0 Å². The van der Waals surface area contributed by atoms with Gasteiger partial charge < -0.3 is 5.73 Å². The summed E-state index contributed by atoms with van der Waals surface area (Å²) < 4.78 is 0. The zero-order valence-corrected chi connectivity index (χ0v) is 8.46. The van der Waals surface area contributed by atoms with Gasteiger partial charge in [-0.2, -0.15) is 0 Å². The van der Waals surface area contributed by atoms with Crippen LogP contribution in [0.25, 0.3) is 0 Å². The van der Waals surface area contributed by atoms with Gasteiger partial charge in [0.15, 0.2) is 0 Å². The van der Waals surface area contributed by atoms with Crippen molar-refractivity contribution in [2.24, 2.45) is 0 Å². The van der Waals surface area contributed by atoms with E-state index in [0.717, 1.165) is 12.1 Å². The van der Waals surface area contributed by atoms with Crippen LogP contribution in [0.4, 0.5) is 5.82 Å². The lowest BCUT2D eigenvalue weighted by molar-refractivity contribution is 1.26. The zero-order chi connectivity index (χ0) is 10.1. The Labute approximate surface area is 80.2 Å². The number of pyridine rings is 1. The molecule has 2 N–H and O–H groups in total. The average molecular weight is 176 g/mol. The van der Waals surface area contributed by atoms with E-state index in [1.807, 2.05) is 32.9 Å². The molecule has 0 aliphatic rings. The Morgan fingerprint density at radius 1 is 1.38 bits per heavy atom. The van der Waals surface area contributed by atoms with Gasteiger partial charge in [-0.15, -0.1) is 0 Å². The van der Waals surface area contributed by atoms with Gasteiger partial charge in [0.2, 0.25) is 0 Å². The van der Waals surface area contributed by atoms with Gasteiger partial charge in [0.1, 0.15) is 11.5 Å². The number of hydrogen-bond acceptors (Lipinski definition) is 2. The summed E-state index contributed by atoms with van der Waals surface area (Å²) in [5.41, 5.74) is 6.19. The molecule has 13 heavy (non-hydrogen) atoms. The quantitative estimate of drug-likeness (QED) is 0.617. The molecule has 0 aliphatic carbocycles. The van der Waals surface area contributed by atoms with Crippen LogP contribution in [0.5, 0.6) is 0 Å². The van der Waals surface area contributed by atoms with Crippen molar-refractivity contribution in [3.05, 3.63) is 23.9 Å². The molecule has 1 aromatic heterocycles. The molecule has 1 aromatic rings. The number of rotatable bonds is 0. The third-order valence-electron chi connectivity index (χ3n) is 1.16. The molecular weight excluding hydrogens is 160 g/mol. The largest absolute Gasteiger partial charge is 0.384 e. The smallest absolute Gasteiger partial charge is 0.124 e. The van der Waals surface area contributed by atoms with Crippen molar-refractivity contribution in [1.29, 1.82) is 0 Å². The summed E-state index contributed by atoms with van der Waals surface area (Å²) in [6, 6.07) is 5.44. The fraction of sp³-hybridized carbons (Fsp3) is 0.364. The maximum absolute atomic E-state index is 5.45. The third kappa shape index (κ3) is 4.86. The predicted molar refractivity (Wildman–Crippen MR) is 57.2 cm³/mol. The topological polar surface area (TPSA) is 38.9 Å². The molecule has 1 rings (SSSR count). The lowest BCUT2D eigenvalue weighted by atomic mass is 10.3. The fourth-order valence-corrected chi connectivity index (χ4v) is 0.700. The van der Waals surface area contributed by atoms with Crippen LogP contribution in [0, 0.1) is 11.8 Å². The minimum atomic E-state index is 0.521. The summed E-state index contributed by atoms with van der Waals surface area (Å²) in [6.07, 6.45) is 0.844. The van der Waals surface area contributed by atoms with E-state index in [1.54, 1.807) is 6.07 Å². The van der Waals surface area contributed by atoms with Crippen LogP contribution in [0.15, 0.2) is 18.2 Å². The molecule has 0 radical (unpaired) electrons. The van der Waals surface area contributed by atoms with Crippen molar-refractivity contribution in [1.82, 2.24) is 4.98 Å². The number of nitrogen functional groups attached to an aromatic ring is 1. The molecule has 0 amide bonds. The Balaban J connectivity index is 0.000000671. The Morgan fingerprint density at radius 3 is 2.62 bits per heavy atom. The lowest BCUT2D eigenvalue weighted by Gasteiger charge is -1.90. The summed E-state index contributed by atoms with van der Waals surface area (Å²) in [7, 11) is 0. The predicted octanol–water partition coefficient (Wildman–Crippen LogP) is 2.45. The van der Waals surface area contributed by atoms with Gasteiger partial charge in [-0.25, -0.2) is 4.98 Å². The molecule has 2 heteroatoms. The summed E-state index contributed by atoms with van der Waals surface area (Å²) in [6.45, 7) is 6.00. The molecule has 2 nitrogen and oxygen atoms in total. The van der Waals surface area contributed by atoms with Crippen LogP contribution in [-0.4, -0.2) is 4.98 Å². The van der Waals surface area contributed by atoms with E-state index in [4.69, 9.17) is 5.73 Å². The molecule has 0 saturated heterocycles. The van der Waals surface area contributed by atoms with Crippen molar-refractivity contribution in [2.45, 2.75) is 27.2 Å². The number of nitrogens with zero attached hydrogens (tertiary/aromatic N) is 1. The first kappa shape index (κ1) is 11.5. The minimum absolute atomic E-state index is 0.521. The van der Waals surface area contributed by atoms with Crippen LogP contribution in [0.1, 0.15) is 32.9 Å². The normalized spacial score (nSPS) is 7.62. The second-order valence-electron chi connectivity index (χ2n) is 2.10. The van der Waals surface area contributed by atoms with Gasteiger partial charge in [0, 0.05) is 6.42 Å². The molecular formula is C11H16N2. The second-order valence-corrected chi connectivity index (χ2v) is 2.10. The van der Waals surface area contributed by atoms with Gasteiger partial charge in [0.05, 0.1) is 0 Å². The van der Waals surface area contributed by atoms with Crippen molar-refractivity contribution in [2.75, 3.05) is 5.73 Å². The molecule has 1 heterocycles. The third-order valence-corrected chi connectivity index (χ3v) is 1.16. The van der Waals surface area contributed by atoms with E-state index in [1.165, 1.54) is 0 Å². The highest BCUT2D eigenvalue weighted by atomic mass is 14.8. The minimum Gasteiger partial charge on any atom is -0.384 e. The van der Waals surface area contributed by atoms with Crippen LogP contribution in [0.3, 0.4) is 0 Å². The van der Waals surface area contributed by atoms with Crippen molar-refractivity contribution in [3.8, 4) is 11.8 Å². The van der Waals surface area contributed by atoms with E-state index in [2.05, 4.69) is 16.8 Å². The fourth-order valence-electron chi connectivity index (χ4n) is 0.700. The van der Waals surface area contributed by atoms with Gasteiger partial charge in [0.25, 0.3) is 0 Å². The Bertz CT molecular complexity index is 294. The van der Waals surface area contributed by atoms with E-state index >= 15 is 0 Å². The van der Waals surface area contributed by atoms with Crippen molar-refractivity contribution < 1.29 is 0 Å². The maximum atomic E-state index is 5.45. The van der Waals surface area contributed by atoms with Gasteiger partial charge in [-0.1, -0.05) is 32.8 Å². The first-order valence-corrected chi connectivity index (χ1v) is 4.54. The van der Waals surface area contributed by atoms with E-state index < -0.39 is 0 Å². The Kier molecular flexibility index (Phi) is 6.35. The molecule has 0 aliphatic heterocycles. The van der Waals surface area contributed by atoms with Crippen LogP contribution >= 0.6 is 0 Å². The van der Waals surface area contributed by atoms with Crippen LogP contribution < -0.4 is 5.73 Å². The molecule has 0 aromatic carbocycles. The summed E-state index contributed by atoms with van der Waals surface area (Å²) in [5.74, 6) is 6.34. The second kappa shape index (κ2) is 7.17. The van der Waals surface area contributed by atoms with Crippen molar-refractivity contribution >= 4 is 5.82 Å². The number of anilines is 1. The van der Waals surface area contributed by atoms with Gasteiger partial charge in [-0.05, 0) is 18.1 Å². The van der Waals surface area contributed by atoms with Gasteiger partial charge in [-0.3, -0.25) is 0 Å². The monoisotopic (exact) mass is 176 g/mol. The standard InChI is InChI=1S/C9H10N2.C2H6/c1-2-3-5-8-6-4-7-9(10)11-8;1-2/h4,6-7H,2H2,1H3,(H2,10,11);1-2H3. The SMILES string of the molecule is CC.CCC#Cc1cccc(N)n1. The first-order valence-electron chi connectivity index (χ1n) is 4.54. The summed E-state index contributed by atoms with van der Waals surface area (Å²) in [5, 5.41) is 0. The van der Waals surface area contributed by atoms with E-state index in [0.29, 0.717) is 5.82 Å². The highest BCUT2D eigenvalue weighted by molar-refractivity contribution is 5.35. The van der Waals surface area contributed by atoms with E-state index in [-0.39, 0.29) is 0 Å². The zero-order valence-electron chi connectivity index (χ0n) is 8.46.